The van der Waals surface area contributed by atoms with E-state index in [1.807, 2.05) is 41.7 Å². The Hall–Kier alpha value is -5.58. The molecule has 4 heteroatoms. The summed E-state index contributed by atoms with van der Waals surface area (Å²) < 4.78 is 8.74. The Morgan fingerprint density at radius 1 is 0.432 bits per heavy atom. The first-order valence-corrected chi connectivity index (χ1v) is 15.5. The second-order valence-electron chi connectivity index (χ2n) is 11.0. The van der Waals surface area contributed by atoms with Crippen LogP contribution in [-0.4, -0.2) is 9.97 Å². The van der Waals surface area contributed by atoms with Gasteiger partial charge in [0.25, 0.3) is 0 Å². The standard InChI is InChI=1S/C40H24N2OS/c1-3-12-25(13-4-1)31-22-27(23-37-39(31)30-17-8-10-21-36(30)44-37)40-41-32(26-14-5-2-6-15-26)24-33(42-40)28-18-11-20-35-38(28)29-16-7-9-19-34(29)43-35/h1-24H. The lowest BCUT2D eigenvalue weighted by atomic mass is 9.96. The molecule has 3 nitrogen and oxygen atoms in total. The molecule has 0 fully saturated rings. The molecular formula is C40H24N2OS. The lowest BCUT2D eigenvalue weighted by Crippen LogP contribution is -1.96. The number of aromatic nitrogens is 2. The van der Waals surface area contributed by atoms with Crippen molar-refractivity contribution in [2.45, 2.75) is 0 Å². The molecule has 6 aromatic carbocycles. The summed E-state index contributed by atoms with van der Waals surface area (Å²) in [5.41, 5.74) is 8.90. The first-order chi connectivity index (χ1) is 21.8. The number of furan rings is 1. The second kappa shape index (κ2) is 10.0. The summed E-state index contributed by atoms with van der Waals surface area (Å²) in [5.74, 6) is 0.697. The lowest BCUT2D eigenvalue weighted by molar-refractivity contribution is 0.669. The molecule has 0 N–H and O–H groups in total. The van der Waals surface area contributed by atoms with Gasteiger partial charge < -0.3 is 4.42 Å². The number of hydrogen-bond donors (Lipinski definition) is 0. The molecule has 0 aliphatic heterocycles. The predicted octanol–water partition coefficient (Wildman–Crippen LogP) is 11.4. The number of fused-ring (bicyclic) bond motifs is 6. The van der Waals surface area contributed by atoms with Crippen LogP contribution in [0.1, 0.15) is 0 Å². The molecule has 44 heavy (non-hydrogen) atoms. The maximum absolute atomic E-state index is 6.24. The zero-order valence-electron chi connectivity index (χ0n) is 23.6. The largest absolute Gasteiger partial charge is 0.456 e. The first kappa shape index (κ1) is 25.0. The van der Waals surface area contributed by atoms with E-state index in [4.69, 9.17) is 14.4 Å². The van der Waals surface area contributed by atoms with E-state index in [0.717, 1.165) is 50.0 Å². The quantitative estimate of drug-likeness (QED) is 0.208. The maximum atomic E-state index is 6.24. The molecule has 9 rings (SSSR count). The van der Waals surface area contributed by atoms with Gasteiger partial charge in [-0.05, 0) is 47.5 Å². The fourth-order valence-corrected chi connectivity index (χ4v) is 7.46. The van der Waals surface area contributed by atoms with Gasteiger partial charge in [-0.25, -0.2) is 9.97 Å². The minimum absolute atomic E-state index is 0.697. The van der Waals surface area contributed by atoms with Gasteiger partial charge in [0, 0.05) is 47.6 Å². The highest BCUT2D eigenvalue weighted by Crippen LogP contribution is 2.43. The molecule has 206 valence electrons. The molecule has 0 aliphatic carbocycles. The lowest BCUT2D eigenvalue weighted by Gasteiger charge is -2.12. The Bertz CT molecular complexity index is 2490. The van der Waals surface area contributed by atoms with Crippen molar-refractivity contribution in [3.63, 3.8) is 0 Å². The summed E-state index contributed by atoms with van der Waals surface area (Å²) in [6.07, 6.45) is 0. The SMILES string of the molecule is c1ccc(-c2cc(-c3cccc4oc5ccccc5c34)nc(-c3cc(-c4ccccc4)c4c(c3)sc3ccccc34)n2)cc1. The first-order valence-electron chi connectivity index (χ1n) is 14.7. The van der Waals surface area contributed by atoms with Crippen molar-refractivity contribution in [1.29, 1.82) is 0 Å². The summed E-state index contributed by atoms with van der Waals surface area (Å²) >= 11 is 1.82. The number of rotatable bonds is 4. The molecule has 0 radical (unpaired) electrons. The van der Waals surface area contributed by atoms with E-state index in [1.54, 1.807) is 0 Å². The van der Waals surface area contributed by atoms with Crippen LogP contribution in [0.2, 0.25) is 0 Å². The van der Waals surface area contributed by atoms with Crippen molar-refractivity contribution < 1.29 is 4.42 Å². The van der Waals surface area contributed by atoms with Crippen LogP contribution in [0, 0.1) is 0 Å². The van der Waals surface area contributed by atoms with E-state index >= 15 is 0 Å². The van der Waals surface area contributed by atoms with Gasteiger partial charge in [0.1, 0.15) is 11.2 Å². The van der Waals surface area contributed by atoms with Crippen molar-refractivity contribution in [1.82, 2.24) is 9.97 Å². The normalized spacial score (nSPS) is 11.6. The molecule has 0 bridgehead atoms. The Balaban J connectivity index is 1.34. The molecule has 9 aromatic rings. The van der Waals surface area contributed by atoms with Gasteiger partial charge in [-0.1, -0.05) is 109 Å². The van der Waals surface area contributed by atoms with E-state index in [-0.39, 0.29) is 0 Å². The summed E-state index contributed by atoms with van der Waals surface area (Å²) in [5, 5.41) is 4.69. The average Bonchev–Trinajstić information content (AvgIpc) is 3.67. The third-order valence-electron chi connectivity index (χ3n) is 8.30. The molecular weight excluding hydrogens is 557 g/mol. The Labute approximate surface area is 257 Å². The summed E-state index contributed by atoms with van der Waals surface area (Å²) in [6, 6.07) is 50.7. The van der Waals surface area contributed by atoms with E-state index < -0.39 is 0 Å². The smallest absolute Gasteiger partial charge is 0.160 e. The fourth-order valence-electron chi connectivity index (χ4n) is 6.29. The minimum Gasteiger partial charge on any atom is -0.456 e. The van der Waals surface area contributed by atoms with E-state index in [2.05, 4.69) is 115 Å². The highest BCUT2D eigenvalue weighted by molar-refractivity contribution is 7.26. The maximum Gasteiger partial charge on any atom is 0.160 e. The van der Waals surface area contributed by atoms with Crippen molar-refractivity contribution in [2.24, 2.45) is 0 Å². The van der Waals surface area contributed by atoms with Crippen LogP contribution >= 0.6 is 11.3 Å². The van der Waals surface area contributed by atoms with Crippen molar-refractivity contribution >= 4 is 53.4 Å². The summed E-state index contributed by atoms with van der Waals surface area (Å²) in [6.45, 7) is 0. The van der Waals surface area contributed by atoms with Crippen LogP contribution in [0.25, 0.3) is 87.1 Å². The van der Waals surface area contributed by atoms with Crippen LogP contribution in [0.4, 0.5) is 0 Å². The zero-order chi connectivity index (χ0) is 29.0. The molecule has 0 aliphatic rings. The summed E-state index contributed by atoms with van der Waals surface area (Å²) in [4.78, 5) is 10.5. The van der Waals surface area contributed by atoms with Crippen molar-refractivity contribution in [3.8, 4) is 45.0 Å². The molecule has 0 amide bonds. The van der Waals surface area contributed by atoms with Gasteiger partial charge >= 0.3 is 0 Å². The van der Waals surface area contributed by atoms with Crippen LogP contribution in [-0.2, 0) is 0 Å². The van der Waals surface area contributed by atoms with Crippen LogP contribution < -0.4 is 0 Å². The second-order valence-corrected chi connectivity index (χ2v) is 12.0. The van der Waals surface area contributed by atoms with Crippen LogP contribution in [0.15, 0.2) is 150 Å². The molecule has 3 heterocycles. The van der Waals surface area contributed by atoms with Gasteiger partial charge in [-0.2, -0.15) is 0 Å². The molecule has 3 aromatic heterocycles. The highest BCUT2D eigenvalue weighted by Gasteiger charge is 2.19. The number of para-hydroxylation sites is 1. The Morgan fingerprint density at radius 3 is 1.95 bits per heavy atom. The minimum atomic E-state index is 0.697. The van der Waals surface area contributed by atoms with E-state index in [9.17, 15) is 0 Å². The summed E-state index contributed by atoms with van der Waals surface area (Å²) in [7, 11) is 0. The molecule has 0 saturated carbocycles. The Kier molecular flexibility index (Phi) is 5.68. The van der Waals surface area contributed by atoms with Crippen molar-refractivity contribution in [2.75, 3.05) is 0 Å². The zero-order valence-corrected chi connectivity index (χ0v) is 24.4. The number of hydrogen-bond acceptors (Lipinski definition) is 4. The third-order valence-corrected chi connectivity index (χ3v) is 9.41. The number of benzene rings is 6. The monoisotopic (exact) mass is 580 g/mol. The molecule has 0 saturated heterocycles. The predicted molar refractivity (Wildman–Crippen MR) is 184 cm³/mol. The Morgan fingerprint density at radius 2 is 1.11 bits per heavy atom. The molecule has 0 atom stereocenters. The van der Waals surface area contributed by atoms with Gasteiger partial charge in [0.15, 0.2) is 5.82 Å². The molecule has 0 unspecified atom stereocenters. The van der Waals surface area contributed by atoms with Gasteiger partial charge in [0.05, 0.1) is 11.4 Å². The number of nitrogens with zero attached hydrogens (tertiary/aromatic N) is 2. The van der Waals surface area contributed by atoms with E-state index in [1.165, 1.54) is 31.3 Å². The van der Waals surface area contributed by atoms with Gasteiger partial charge in [0.2, 0.25) is 0 Å². The van der Waals surface area contributed by atoms with Gasteiger partial charge in [-0.3, -0.25) is 0 Å². The van der Waals surface area contributed by atoms with Crippen molar-refractivity contribution in [3.05, 3.63) is 146 Å². The fraction of sp³-hybridized carbons (Fsp3) is 0. The van der Waals surface area contributed by atoms with Gasteiger partial charge in [-0.15, -0.1) is 11.3 Å². The van der Waals surface area contributed by atoms with Crippen LogP contribution in [0.5, 0.6) is 0 Å². The average molecular weight is 581 g/mol. The molecule has 0 spiro atoms. The van der Waals surface area contributed by atoms with Crippen LogP contribution in [0.3, 0.4) is 0 Å². The topological polar surface area (TPSA) is 38.9 Å². The highest BCUT2D eigenvalue weighted by atomic mass is 32.1. The van der Waals surface area contributed by atoms with E-state index in [0.29, 0.717) is 5.82 Å². The third kappa shape index (κ3) is 4.03. The number of thiophene rings is 1.